The molecule has 0 fully saturated rings. The minimum absolute atomic E-state index is 0.179. The summed E-state index contributed by atoms with van der Waals surface area (Å²) in [6.07, 6.45) is 11.9. The van der Waals surface area contributed by atoms with Gasteiger partial charge in [0.25, 0.3) is 0 Å². The van der Waals surface area contributed by atoms with Crippen molar-refractivity contribution < 1.29 is 9.53 Å². The van der Waals surface area contributed by atoms with Gasteiger partial charge in [-0.25, -0.2) is 0 Å². The molecule has 0 amide bonds. The quantitative estimate of drug-likeness (QED) is 0.493. The Hall–Kier alpha value is -1.31. The third-order valence-electron chi connectivity index (χ3n) is 1.26. The van der Waals surface area contributed by atoms with Crippen LogP contribution in [-0.2, 0) is 9.53 Å². The number of carbonyl (C=O) groups excluding carboxylic acids is 1. The molecule has 58 valence electrons. The van der Waals surface area contributed by atoms with Crippen molar-refractivity contribution in [3.8, 4) is 0 Å². The van der Waals surface area contributed by atoms with Gasteiger partial charge < -0.3 is 4.74 Å². The van der Waals surface area contributed by atoms with E-state index in [9.17, 15) is 4.79 Å². The SMILES string of the molecule is O=C1CC\C=C/C=C\C=C/O1. The molecule has 2 heteroatoms. The molecule has 0 atom stereocenters. The van der Waals surface area contributed by atoms with E-state index in [0.717, 1.165) is 6.42 Å². The molecule has 0 aromatic heterocycles. The summed E-state index contributed by atoms with van der Waals surface area (Å²) in [5, 5.41) is 0. The van der Waals surface area contributed by atoms with Gasteiger partial charge in [0.15, 0.2) is 0 Å². The van der Waals surface area contributed by atoms with Gasteiger partial charge in [0.05, 0.1) is 6.26 Å². The Morgan fingerprint density at radius 3 is 2.91 bits per heavy atom. The Morgan fingerprint density at radius 1 is 1.18 bits per heavy atom. The van der Waals surface area contributed by atoms with Crippen molar-refractivity contribution in [2.45, 2.75) is 12.8 Å². The first-order valence-corrected chi connectivity index (χ1v) is 3.57. The lowest BCUT2D eigenvalue weighted by molar-refractivity contribution is -0.137. The van der Waals surface area contributed by atoms with Gasteiger partial charge >= 0.3 is 5.97 Å². The predicted molar refractivity (Wildman–Crippen MR) is 42.7 cm³/mol. The fourth-order valence-corrected chi connectivity index (χ4v) is 0.724. The Labute approximate surface area is 65.9 Å². The highest BCUT2D eigenvalue weighted by molar-refractivity contribution is 5.70. The molecule has 0 bridgehead atoms. The number of cyclic esters (lactones) is 1. The number of hydrogen-bond acceptors (Lipinski definition) is 2. The predicted octanol–water partition coefficient (Wildman–Crippen LogP) is 1.95. The fraction of sp³-hybridized carbons (Fsp3) is 0.222. The van der Waals surface area contributed by atoms with Gasteiger partial charge in [0.1, 0.15) is 0 Å². The minimum Gasteiger partial charge on any atom is -0.434 e. The van der Waals surface area contributed by atoms with E-state index in [1.54, 1.807) is 6.08 Å². The zero-order valence-corrected chi connectivity index (χ0v) is 6.19. The topological polar surface area (TPSA) is 26.3 Å². The first-order chi connectivity index (χ1) is 5.39. The maximum absolute atomic E-state index is 10.8. The molecule has 1 heterocycles. The second-order valence-corrected chi connectivity index (χ2v) is 2.17. The molecule has 0 aliphatic carbocycles. The van der Waals surface area contributed by atoms with E-state index < -0.39 is 0 Å². The summed E-state index contributed by atoms with van der Waals surface area (Å²) in [7, 11) is 0. The summed E-state index contributed by atoms with van der Waals surface area (Å²) in [4.78, 5) is 10.8. The summed E-state index contributed by atoms with van der Waals surface area (Å²) in [5.41, 5.74) is 0. The van der Waals surface area contributed by atoms with E-state index in [4.69, 9.17) is 4.74 Å². The second kappa shape index (κ2) is 4.50. The Kier molecular flexibility index (Phi) is 3.19. The standard InChI is InChI=1S/C9H10O2/c10-9-7-5-3-1-2-4-6-8-11-9/h1-4,6,8H,5,7H2/b3-1-,4-2-,8-6-. The van der Waals surface area contributed by atoms with Crippen molar-refractivity contribution in [2.75, 3.05) is 0 Å². The summed E-state index contributed by atoms with van der Waals surface area (Å²) >= 11 is 0. The molecule has 0 saturated heterocycles. The lowest BCUT2D eigenvalue weighted by Crippen LogP contribution is -1.97. The molecule has 1 aliphatic rings. The molecule has 0 aromatic carbocycles. The Bertz CT molecular complexity index is 212. The van der Waals surface area contributed by atoms with Crippen LogP contribution in [0.1, 0.15) is 12.8 Å². The van der Waals surface area contributed by atoms with E-state index in [-0.39, 0.29) is 5.97 Å². The van der Waals surface area contributed by atoms with E-state index in [2.05, 4.69) is 0 Å². The van der Waals surface area contributed by atoms with E-state index >= 15 is 0 Å². The highest BCUT2D eigenvalue weighted by atomic mass is 16.5. The first kappa shape index (κ1) is 7.79. The highest BCUT2D eigenvalue weighted by Crippen LogP contribution is 1.97. The average Bonchev–Trinajstić information content (AvgIpc) is 2.03. The number of carbonyl (C=O) groups is 1. The highest BCUT2D eigenvalue weighted by Gasteiger charge is 1.97. The molecule has 0 saturated carbocycles. The van der Waals surface area contributed by atoms with Crippen LogP contribution in [0.4, 0.5) is 0 Å². The number of ether oxygens (including phenoxy) is 1. The Morgan fingerprint density at radius 2 is 2.00 bits per heavy atom. The van der Waals surface area contributed by atoms with Crippen LogP contribution in [0.5, 0.6) is 0 Å². The van der Waals surface area contributed by atoms with E-state index in [1.807, 2.05) is 24.3 Å². The molecule has 0 spiro atoms. The van der Waals surface area contributed by atoms with Crippen LogP contribution in [-0.4, -0.2) is 5.97 Å². The van der Waals surface area contributed by atoms with Crippen LogP contribution in [0.25, 0.3) is 0 Å². The van der Waals surface area contributed by atoms with Gasteiger partial charge in [-0.2, -0.15) is 0 Å². The van der Waals surface area contributed by atoms with Crippen LogP contribution in [0.2, 0.25) is 0 Å². The van der Waals surface area contributed by atoms with Crippen molar-refractivity contribution in [3.63, 3.8) is 0 Å². The van der Waals surface area contributed by atoms with Gasteiger partial charge in [-0.15, -0.1) is 0 Å². The third-order valence-corrected chi connectivity index (χ3v) is 1.26. The molecular formula is C9H10O2. The van der Waals surface area contributed by atoms with Crippen molar-refractivity contribution in [1.82, 2.24) is 0 Å². The fourth-order valence-electron chi connectivity index (χ4n) is 0.724. The van der Waals surface area contributed by atoms with Gasteiger partial charge in [-0.05, 0) is 12.5 Å². The molecule has 0 aromatic rings. The summed E-state index contributed by atoms with van der Waals surface area (Å²) < 4.78 is 4.71. The van der Waals surface area contributed by atoms with Crippen molar-refractivity contribution >= 4 is 5.97 Å². The largest absolute Gasteiger partial charge is 0.434 e. The second-order valence-electron chi connectivity index (χ2n) is 2.17. The first-order valence-electron chi connectivity index (χ1n) is 3.57. The molecule has 0 radical (unpaired) electrons. The lowest BCUT2D eigenvalue weighted by Gasteiger charge is -1.95. The summed E-state index contributed by atoms with van der Waals surface area (Å²) in [6, 6.07) is 0. The van der Waals surface area contributed by atoms with Crippen LogP contribution in [0.15, 0.2) is 36.6 Å². The van der Waals surface area contributed by atoms with Crippen molar-refractivity contribution in [1.29, 1.82) is 0 Å². The zero-order valence-electron chi connectivity index (χ0n) is 6.19. The summed E-state index contributed by atoms with van der Waals surface area (Å²) in [6.45, 7) is 0. The molecule has 1 aliphatic heterocycles. The molecule has 1 rings (SSSR count). The molecule has 2 nitrogen and oxygen atoms in total. The monoisotopic (exact) mass is 150 g/mol. The van der Waals surface area contributed by atoms with Crippen LogP contribution in [0, 0.1) is 0 Å². The van der Waals surface area contributed by atoms with Crippen LogP contribution < -0.4 is 0 Å². The normalized spacial score (nSPS) is 26.7. The zero-order chi connectivity index (χ0) is 7.94. The molecule has 11 heavy (non-hydrogen) atoms. The summed E-state index contributed by atoms with van der Waals surface area (Å²) in [5.74, 6) is -0.179. The van der Waals surface area contributed by atoms with Gasteiger partial charge in [0.2, 0.25) is 0 Å². The van der Waals surface area contributed by atoms with Gasteiger partial charge in [-0.3, -0.25) is 4.79 Å². The number of esters is 1. The number of hydrogen-bond donors (Lipinski definition) is 0. The van der Waals surface area contributed by atoms with E-state index in [1.165, 1.54) is 6.26 Å². The van der Waals surface area contributed by atoms with E-state index in [0.29, 0.717) is 6.42 Å². The lowest BCUT2D eigenvalue weighted by atomic mass is 10.3. The van der Waals surface area contributed by atoms with Crippen LogP contribution in [0.3, 0.4) is 0 Å². The average molecular weight is 150 g/mol. The molecular weight excluding hydrogens is 140 g/mol. The van der Waals surface area contributed by atoms with Crippen molar-refractivity contribution in [3.05, 3.63) is 36.6 Å². The maximum atomic E-state index is 10.8. The Balaban J connectivity index is 2.55. The smallest absolute Gasteiger partial charge is 0.310 e. The van der Waals surface area contributed by atoms with Gasteiger partial charge in [-0.1, -0.05) is 24.3 Å². The van der Waals surface area contributed by atoms with Crippen LogP contribution >= 0.6 is 0 Å². The van der Waals surface area contributed by atoms with Crippen molar-refractivity contribution in [2.24, 2.45) is 0 Å². The molecule has 0 unspecified atom stereocenters. The maximum Gasteiger partial charge on any atom is 0.310 e. The molecule has 0 N–H and O–H groups in total. The number of rotatable bonds is 0. The number of allylic oxidation sites excluding steroid dienone is 5. The van der Waals surface area contributed by atoms with Gasteiger partial charge in [0, 0.05) is 6.42 Å². The third kappa shape index (κ3) is 3.40. The minimum atomic E-state index is -0.179.